The molecule has 0 aliphatic heterocycles. The van der Waals surface area contributed by atoms with Gasteiger partial charge in [-0.3, -0.25) is 0 Å². The van der Waals surface area contributed by atoms with E-state index in [4.69, 9.17) is 8.83 Å². The molecule has 0 atom stereocenters. The van der Waals surface area contributed by atoms with Gasteiger partial charge in [0.15, 0.2) is 0 Å². The number of rotatable bonds is 6. The van der Waals surface area contributed by atoms with Crippen molar-refractivity contribution in [1.82, 2.24) is 20.2 Å². The van der Waals surface area contributed by atoms with E-state index in [9.17, 15) is 4.79 Å². The maximum atomic E-state index is 11.9. The molecule has 7 nitrogen and oxygen atoms in total. The standard InChI is InChI=1S/C18H16N4O3S/c1-2-12-5-6-15-13(9-17(23)25-16(15)8-12)11-26-18-19-20-21-22(18)10-14-4-3-7-24-14/h3-9H,2,10-11H2,1H3. The fourth-order valence-electron chi connectivity index (χ4n) is 2.71. The Hall–Kier alpha value is -2.87. The van der Waals surface area contributed by atoms with Crippen LogP contribution in [0.5, 0.6) is 0 Å². The van der Waals surface area contributed by atoms with Crippen LogP contribution in [0.15, 0.2) is 61.4 Å². The van der Waals surface area contributed by atoms with Gasteiger partial charge < -0.3 is 8.83 Å². The van der Waals surface area contributed by atoms with E-state index in [1.807, 2.05) is 24.3 Å². The maximum absolute atomic E-state index is 11.9. The molecule has 0 aliphatic rings. The molecule has 0 saturated heterocycles. The van der Waals surface area contributed by atoms with Gasteiger partial charge in [-0.05, 0) is 46.2 Å². The predicted octanol–water partition coefficient (Wildman–Crippen LogP) is 3.28. The molecule has 0 spiro atoms. The highest BCUT2D eigenvalue weighted by molar-refractivity contribution is 7.98. The minimum absolute atomic E-state index is 0.350. The molecule has 4 aromatic rings. The van der Waals surface area contributed by atoms with Gasteiger partial charge in [0.2, 0.25) is 5.16 Å². The van der Waals surface area contributed by atoms with Crippen LogP contribution in [0, 0.1) is 0 Å². The second-order valence-electron chi connectivity index (χ2n) is 5.76. The first-order valence-electron chi connectivity index (χ1n) is 8.20. The van der Waals surface area contributed by atoms with Gasteiger partial charge in [0.05, 0.1) is 6.26 Å². The highest BCUT2D eigenvalue weighted by Crippen LogP contribution is 2.26. The number of aromatic nitrogens is 4. The zero-order valence-corrected chi connectivity index (χ0v) is 14.9. The number of fused-ring (bicyclic) bond motifs is 1. The maximum Gasteiger partial charge on any atom is 0.336 e. The zero-order chi connectivity index (χ0) is 17.9. The fraction of sp³-hybridized carbons (Fsp3) is 0.222. The average Bonchev–Trinajstić information content (AvgIpc) is 3.31. The lowest BCUT2D eigenvalue weighted by Gasteiger charge is -2.06. The summed E-state index contributed by atoms with van der Waals surface area (Å²) < 4.78 is 12.4. The molecular weight excluding hydrogens is 352 g/mol. The van der Waals surface area contributed by atoms with Crippen molar-refractivity contribution < 1.29 is 8.83 Å². The molecule has 0 amide bonds. The quantitative estimate of drug-likeness (QED) is 0.381. The van der Waals surface area contributed by atoms with Crippen LogP contribution in [-0.2, 0) is 18.7 Å². The topological polar surface area (TPSA) is 87.0 Å². The molecule has 1 aromatic carbocycles. The third kappa shape index (κ3) is 3.41. The van der Waals surface area contributed by atoms with Crippen molar-refractivity contribution in [2.24, 2.45) is 0 Å². The second-order valence-corrected chi connectivity index (χ2v) is 6.70. The smallest absolute Gasteiger partial charge is 0.336 e. The number of thioether (sulfide) groups is 1. The van der Waals surface area contributed by atoms with Crippen LogP contribution in [0.4, 0.5) is 0 Å². The van der Waals surface area contributed by atoms with Crippen molar-refractivity contribution in [1.29, 1.82) is 0 Å². The summed E-state index contributed by atoms with van der Waals surface area (Å²) in [5.41, 5.74) is 2.29. The summed E-state index contributed by atoms with van der Waals surface area (Å²) in [7, 11) is 0. The lowest BCUT2D eigenvalue weighted by molar-refractivity contribution is 0.462. The third-order valence-corrected chi connectivity index (χ3v) is 5.05. The first kappa shape index (κ1) is 16.6. The Kier molecular flexibility index (Phi) is 4.57. The van der Waals surface area contributed by atoms with Gasteiger partial charge >= 0.3 is 5.63 Å². The molecular formula is C18H16N4O3S. The molecule has 0 saturated carbocycles. The van der Waals surface area contributed by atoms with Crippen molar-refractivity contribution in [2.75, 3.05) is 0 Å². The summed E-state index contributed by atoms with van der Waals surface area (Å²) in [4.78, 5) is 11.9. The normalized spacial score (nSPS) is 11.3. The van der Waals surface area contributed by atoms with E-state index in [0.717, 1.165) is 28.7 Å². The molecule has 8 heteroatoms. The molecule has 0 radical (unpaired) electrons. The number of aryl methyl sites for hydroxylation is 1. The van der Waals surface area contributed by atoms with Gasteiger partial charge in [-0.2, -0.15) is 0 Å². The van der Waals surface area contributed by atoms with E-state index in [1.54, 1.807) is 10.9 Å². The van der Waals surface area contributed by atoms with Crippen molar-refractivity contribution in [2.45, 2.75) is 30.8 Å². The molecule has 132 valence electrons. The number of furan rings is 1. The highest BCUT2D eigenvalue weighted by atomic mass is 32.2. The van der Waals surface area contributed by atoms with Crippen molar-refractivity contribution in [3.63, 3.8) is 0 Å². The lowest BCUT2D eigenvalue weighted by Crippen LogP contribution is -2.04. The Morgan fingerprint density at radius 2 is 2.15 bits per heavy atom. The summed E-state index contributed by atoms with van der Waals surface area (Å²) in [6.45, 7) is 2.53. The molecule has 0 N–H and O–H groups in total. The fourth-order valence-corrected chi connectivity index (χ4v) is 3.57. The van der Waals surface area contributed by atoms with E-state index in [1.165, 1.54) is 17.8 Å². The third-order valence-electron chi connectivity index (χ3n) is 4.04. The SMILES string of the molecule is CCc1ccc2c(CSc3nnnn3Cc3ccco3)cc(=O)oc2c1. The van der Waals surface area contributed by atoms with Crippen LogP contribution in [0.25, 0.3) is 11.0 Å². The predicted molar refractivity (Wildman–Crippen MR) is 97.1 cm³/mol. The van der Waals surface area contributed by atoms with Gasteiger partial charge in [-0.25, -0.2) is 9.48 Å². The van der Waals surface area contributed by atoms with Crippen molar-refractivity contribution in [3.05, 3.63) is 70.0 Å². The van der Waals surface area contributed by atoms with Crippen molar-refractivity contribution in [3.8, 4) is 0 Å². The van der Waals surface area contributed by atoms with E-state index < -0.39 is 0 Å². The molecule has 3 aromatic heterocycles. The summed E-state index contributed by atoms with van der Waals surface area (Å²) in [5.74, 6) is 1.34. The van der Waals surface area contributed by atoms with Crippen LogP contribution in [0.1, 0.15) is 23.8 Å². The summed E-state index contributed by atoms with van der Waals surface area (Å²) in [6.07, 6.45) is 2.51. The zero-order valence-electron chi connectivity index (χ0n) is 14.1. The van der Waals surface area contributed by atoms with Gasteiger partial charge in [-0.15, -0.1) is 5.10 Å². The number of benzene rings is 1. The van der Waals surface area contributed by atoms with Crippen LogP contribution in [-0.4, -0.2) is 20.2 Å². The minimum atomic E-state index is -0.350. The van der Waals surface area contributed by atoms with Gasteiger partial charge in [0.25, 0.3) is 0 Å². The Morgan fingerprint density at radius 1 is 1.23 bits per heavy atom. The molecule has 26 heavy (non-hydrogen) atoms. The van der Waals surface area contributed by atoms with Gasteiger partial charge in [-0.1, -0.05) is 30.8 Å². The molecule has 0 bridgehead atoms. The van der Waals surface area contributed by atoms with E-state index >= 15 is 0 Å². The number of nitrogens with zero attached hydrogens (tertiary/aromatic N) is 4. The highest BCUT2D eigenvalue weighted by Gasteiger charge is 2.12. The summed E-state index contributed by atoms with van der Waals surface area (Å²) in [5, 5.41) is 13.4. The van der Waals surface area contributed by atoms with E-state index in [2.05, 4.69) is 28.5 Å². The van der Waals surface area contributed by atoms with Crippen molar-refractivity contribution >= 4 is 22.7 Å². The van der Waals surface area contributed by atoms with Gasteiger partial charge in [0.1, 0.15) is 17.9 Å². The first-order chi connectivity index (χ1) is 12.7. The molecule has 3 heterocycles. The second kappa shape index (κ2) is 7.17. The number of hydrogen-bond acceptors (Lipinski definition) is 7. The Balaban J connectivity index is 1.59. The van der Waals surface area contributed by atoms with Crippen LogP contribution in [0.3, 0.4) is 0 Å². The monoisotopic (exact) mass is 368 g/mol. The lowest BCUT2D eigenvalue weighted by atomic mass is 10.1. The Labute approximate surface area is 153 Å². The molecule has 0 aliphatic carbocycles. The minimum Gasteiger partial charge on any atom is -0.467 e. The molecule has 4 rings (SSSR count). The summed E-state index contributed by atoms with van der Waals surface area (Å²) >= 11 is 1.47. The van der Waals surface area contributed by atoms with Crippen LogP contribution < -0.4 is 5.63 Å². The molecule has 0 unspecified atom stereocenters. The summed E-state index contributed by atoms with van der Waals surface area (Å²) in [6, 6.07) is 11.2. The van der Waals surface area contributed by atoms with E-state index in [-0.39, 0.29) is 5.63 Å². The molecule has 0 fully saturated rings. The number of hydrogen-bond donors (Lipinski definition) is 0. The van der Waals surface area contributed by atoms with Gasteiger partial charge in [0, 0.05) is 17.2 Å². The van der Waals surface area contributed by atoms with Crippen LogP contribution in [0.2, 0.25) is 0 Å². The largest absolute Gasteiger partial charge is 0.467 e. The Morgan fingerprint density at radius 3 is 2.96 bits per heavy atom. The Bertz CT molecular complexity index is 1090. The first-order valence-corrected chi connectivity index (χ1v) is 9.18. The average molecular weight is 368 g/mol. The number of tetrazole rings is 1. The van der Waals surface area contributed by atoms with Crippen LogP contribution >= 0.6 is 11.8 Å². The van der Waals surface area contributed by atoms with E-state index in [0.29, 0.717) is 23.0 Å².